The van der Waals surface area contributed by atoms with Gasteiger partial charge in [-0.25, -0.2) is 31.3 Å². The van der Waals surface area contributed by atoms with Crippen LogP contribution in [0.3, 0.4) is 0 Å². The van der Waals surface area contributed by atoms with Gasteiger partial charge in [0.1, 0.15) is 11.3 Å². The molecule has 0 aliphatic rings. The van der Waals surface area contributed by atoms with Crippen LogP contribution in [0.5, 0.6) is 0 Å². The monoisotopic (exact) mass is 448 g/mol. The van der Waals surface area contributed by atoms with Crippen LogP contribution in [0, 0.1) is 12.7 Å². The Labute approximate surface area is 182 Å². The number of aromatic nitrogens is 5. The molecule has 10 heteroatoms. The second-order valence-corrected chi connectivity index (χ2v) is 9.12. The van der Waals surface area contributed by atoms with E-state index in [-0.39, 0.29) is 33.1 Å². The zero-order chi connectivity index (χ0) is 22.6. The predicted molar refractivity (Wildman–Crippen MR) is 120 cm³/mol. The second-order valence-electron chi connectivity index (χ2n) is 7.31. The number of rotatable bonds is 4. The van der Waals surface area contributed by atoms with Crippen molar-refractivity contribution in [3.63, 3.8) is 0 Å². The van der Waals surface area contributed by atoms with Crippen LogP contribution in [-0.2, 0) is 10.0 Å². The Balaban J connectivity index is 1.78. The van der Waals surface area contributed by atoms with Crippen LogP contribution in [0.25, 0.3) is 34.0 Å². The summed E-state index contributed by atoms with van der Waals surface area (Å²) in [5.41, 5.74) is 8.74. The van der Waals surface area contributed by atoms with Gasteiger partial charge in [0, 0.05) is 23.3 Å². The lowest BCUT2D eigenvalue weighted by atomic mass is 10.2. The molecule has 0 fully saturated rings. The van der Waals surface area contributed by atoms with Crippen molar-refractivity contribution in [2.45, 2.75) is 11.8 Å². The summed E-state index contributed by atoms with van der Waals surface area (Å²) >= 11 is 0. The maximum Gasteiger partial charge on any atom is 0.269 e. The molecule has 32 heavy (non-hydrogen) atoms. The number of nitrogens with two attached hydrogens (primary N) is 1. The summed E-state index contributed by atoms with van der Waals surface area (Å²) in [5.74, 6) is -0.292. The van der Waals surface area contributed by atoms with Crippen molar-refractivity contribution >= 4 is 38.5 Å². The summed E-state index contributed by atoms with van der Waals surface area (Å²) < 4.78 is 43.3. The van der Waals surface area contributed by atoms with Crippen molar-refractivity contribution in [2.75, 3.05) is 5.73 Å². The third-order valence-electron chi connectivity index (χ3n) is 5.15. The van der Waals surface area contributed by atoms with E-state index in [2.05, 4.69) is 21.6 Å². The van der Waals surface area contributed by atoms with E-state index in [9.17, 15) is 12.8 Å². The number of aryl methyl sites for hydroxylation is 1. The first-order valence-corrected chi connectivity index (χ1v) is 11.0. The van der Waals surface area contributed by atoms with E-state index in [1.165, 1.54) is 28.9 Å². The maximum atomic E-state index is 14.1. The number of benzene rings is 1. The molecule has 0 saturated heterocycles. The van der Waals surface area contributed by atoms with Crippen LogP contribution in [0.1, 0.15) is 11.1 Å². The van der Waals surface area contributed by atoms with Crippen LogP contribution in [0.15, 0.2) is 66.5 Å². The van der Waals surface area contributed by atoms with Gasteiger partial charge in [0.15, 0.2) is 17.3 Å². The van der Waals surface area contributed by atoms with Crippen LogP contribution in [0.2, 0.25) is 0 Å². The Morgan fingerprint density at radius 1 is 1.16 bits per heavy atom. The molecule has 0 aliphatic carbocycles. The van der Waals surface area contributed by atoms with Crippen LogP contribution in [-0.4, -0.2) is 32.0 Å². The Morgan fingerprint density at radius 2 is 1.91 bits per heavy atom. The molecule has 1 aromatic carbocycles. The number of hydrogen-bond acceptors (Lipinski definition) is 6. The molecule has 5 rings (SSSR count). The number of anilines is 1. The van der Waals surface area contributed by atoms with Crippen LogP contribution < -0.4 is 5.73 Å². The van der Waals surface area contributed by atoms with Gasteiger partial charge in [-0.2, -0.15) is 0 Å². The van der Waals surface area contributed by atoms with Gasteiger partial charge in [-0.15, -0.1) is 5.10 Å². The van der Waals surface area contributed by atoms with Gasteiger partial charge in [0.05, 0.1) is 11.1 Å². The summed E-state index contributed by atoms with van der Waals surface area (Å²) in [5, 5.41) is 4.70. The molecule has 0 radical (unpaired) electrons. The van der Waals surface area contributed by atoms with Crippen molar-refractivity contribution in [3.05, 3.63) is 78.5 Å². The normalized spacial score (nSPS) is 11.9. The van der Waals surface area contributed by atoms with E-state index in [1.807, 2.05) is 6.92 Å². The van der Waals surface area contributed by atoms with E-state index in [0.29, 0.717) is 5.52 Å². The van der Waals surface area contributed by atoms with E-state index >= 15 is 0 Å². The van der Waals surface area contributed by atoms with Gasteiger partial charge in [-0.1, -0.05) is 30.4 Å². The Kier molecular flexibility index (Phi) is 4.34. The van der Waals surface area contributed by atoms with Crippen LogP contribution in [0.4, 0.5) is 10.2 Å². The minimum Gasteiger partial charge on any atom is -0.382 e. The van der Waals surface area contributed by atoms with Gasteiger partial charge in [-0.05, 0) is 36.8 Å². The minimum absolute atomic E-state index is 0.0588. The number of halogens is 1. The topological polar surface area (TPSA) is 108 Å². The second kappa shape index (κ2) is 6.99. The zero-order valence-electron chi connectivity index (χ0n) is 16.9. The lowest BCUT2D eigenvalue weighted by Crippen LogP contribution is -2.12. The van der Waals surface area contributed by atoms with Crippen molar-refractivity contribution < 1.29 is 12.8 Å². The summed E-state index contributed by atoms with van der Waals surface area (Å²) in [6.45, 7) is 5.59. The molecule has 0 spiro atoms. The Morgan fingerprint density at radius 3 is 2.62 bits per heavy atom. The van der Waals surface area contributed by atoms with Gasteiger partial charge in [-0.3, -0.25) is 0 Å². The SMILES string of the molecule is C=Cc1cc2c(N)nc(-c3cn(S(=O)(=O)c4ccc(C)cc4)c4ncc(F)cc34)nn2c1. The number of nitrogens with zero attached hydrogens (tertiary/aromatic N) is 5. The number of hydrogen-bond donors (Lipinski definition) is 1. The molecule has 160 valence electrons. The van der Waals surface area contributed by atoms with Gasteiger partial charge >= 0.3 is 0 Å². The fourth-order valence-corrected chi connectivity index (χ4v) is 4.83. The van der Waals surface area contributed by atoms with Crippen molar-refractivity contribution in [1.29, 1.82) is 0 Å². The highest BCUT2D eigenvalue weighted by atomic mass is 32.2. The third kappa shape index (κ3) is 3.04. The Hall–Kier alpha value is -4.05. The quantitative estimate of drug-likeness (QED) is 0.450. The molecular weight excluding hydrogens is 431 g/mol. The molecule has 0 unspecified atom stereocenters. The van der Waals surface area contributed by atoms with E-state index in [0.717, 1.165) is 21.3 Å². The first-order valence-electron chi connectivity index (χ1n) is 9.55. The fraction of sp³-hybridized carbons (Fsp3) is 0.0455. The summed E-state index contributed by atoms with van der Waals surface area (Å²) in [4.78, 5) is 8.45. The molecule has 4 aromatic heterocycles. The highest BCUT2D eigenvalue weighted by Crippen LogP contribution is 2.32. The smallest absolute Gasteiger partial charge is 0.269 e. The first kappa shape index (κ1) is 19.9. The van der Waals surface area contributed by atoms with E-state index in [1.54, 1.807) is 30.5 Å². The molecule has 0 saturated carbocycles. The molecule has 0 bridgehead atoms. The van der Waals surface area contributed by atoms with Crippen molar-refractivity contribution in [1.82, 2.24) is 23.6 Å². The first-order chi connectivity index (χ1) is 15.3. The summed E-state index contributed by atoms with van der Waals surface area (Å²) in [7, 11) is -4.01. The van der Waals surface area contributed by atoms with Crippen molar-refractivity contribution in [3.8, 4) is 11.4 Å². The number of fused-ring (bicyclic) bond motifs is 2. The third-order valence-corrected chi connectivity index (χ3v) is 6.81. The lowest BCUT2D eigenvalue weighted by molar-refractivity contribution is 0.588. The van der Waals surface area contributed by atoms with E-state index < -0.39 is 15.8 Å². The van der Waals surface area contributed by atoms with Gasteiger partial charge in [0.2, 0.25) is 0 Å². The standard InChI is InChI=1S/C22H17FN6O2S/c1-3-14-8-19-20(24)26-21(27-28(19)11-14)18-12-29(22-17(18)9-15(23)10-25-22)32(30,31)16-6-4-13(2)5-7-16/h3-12H,1H2,2H3,(H2,24,26,27). The molecule has 0 amide bonds. The fourth-order valence-electron chi connectivity index (χ4n) is 3.51. The van der Waals surface area contributed by atoms with Gasteiger partial charge < -0.3 is 5.73 Å². The zero-order valence-corrected chi connectivity index (χ0v) is 17.7. The van der Waals surface area contributed by atoms with Gasteiger partial charge in [0.25, 0.3) is 10.0 Å². The highest BCUT2D eigenvalue weighted by molar-refractivity contribution is 7.90. The predicted octanol–water partition coefficient (Wildman–Crippen LogP) is 3.66. The number of nitrogen functional groups attached to an aromatic ring is 1. The summed E-state index contributed by atoms with van der Waals surface area (Å²) in [6.07, 6.45) is 5.66. The maximum absolute atomic E-state index is 14.1. The Bertz CT molecular complexity index is 1640. The average Bonchev–Trinajstić information content (AvgIpc) is 3.35. The molecule has 0 aliphatic heterocycles. The van der Waals surface area contributed by atoms with Crippen LogP contribution >= 0.6 is 0 Å². The summed E-state index contributed by atoms with van der Waals surface area (Å²) in [6, 6.07) is 9.40. The van der Waals surface area contributed by atoms with Crippen molar-refractivity contribution in [2.24, 2.45) is 0 Å². The molecule has 2 N–H and O–H groups in total. The largest absolute Gasteiger partial charge is 0.382 e. The molecule has 4 heterocycles. The lowest BCUT2D eigenvalue weighted by Gasteiger charge is -2.07. The molecule has 0 atom stereocenters. The highest BCUT2D eigenvalue weighted by Gasteiger charge is 2.24. The molecular formula is C22H17FN6O2S. The number of pyridine rings is 1. The minimum atomic E-state index is -4.01. The molecule has 5 aromatic rings. The van der Waals surface area contributed by atoms with E-state index in [4.69, 9.17) is 5.73 Å². The molecule has 8 nitrogen and oxygen atoms in total. The average molecular weight is 448 g/mol.